The SMILES string of the molecule is Cn1nc(C(N)=O)c2c1-c1nc(Nc3ccc(Br)c(Cl)c3)ncc1CC2. The average Bonchev–Trinajstić information content (AvgIpc) is 2.96. The Balaban J connectivity index is 1.76. The van der Waals surface area contributed by atoms with Crippen LogP contribution in [-0.2, 0) is 19.9 Å². The lowest BCUT2D eigenvalue weighted by molar-refractivity contribution is 0.0994. The van der Waals surface area contributed by atoms with E-state index >= 15 is 0 Å². The van der Waals surface area contributed by atoms with Crippen LogP contribution in [0, 0.1) is 0 Å². The van der Waals surface area contributed by atoms with Crippen molar-refractivity contribution in [3.05, 3.63) is 50.7 Å². The third-order valence-electron chi connectivity index (χ3n) is 4.29. The number of aryl methyl sites for hydroxylation is 2. The minimum atomic E-state index is -0.526. The van der Waals surface area contributed by atoms with Gasteiger partial charge in [-0.15, -0.1) is 0 Å². The highest BCUT2D eigenvalue weighted by atomic mass is 79.9. The minimum Gasteiger partial charge on any atom is -0.364 e. The normalized spacial score (nSPS) is 12.4. The number of halogens is 2. The molecule has 0 atom stereocenters. The number of rotatable bonds is 3. The molecule has 1 amide bonds. The van der Waals surface area contributed by atoms with Gasteiger partial charge in [0.15, 0.2) is 5.69 Å². The lowest BCUT2D eigenvalue weighted by Gasteiger charge is -2.17. The van der Waals surface area contributed by atoms with Gasteiger partial charge in [0, 0.05) is 29.0 Å². The molecule has 0 unspecified atom stereocenters. The molecule has 2 aromatic heterocycles. The van der Waals surface area contributed by atoms with Gasteiger partial charge >= 0.3 is 0 Å². The van der Waals surface area contributed by atoms with Crippen molar-refractivity contribution in [2.24, 2.45) is 12.8 Å². The fraction of sp³-hybridized carbons (Fsp3) is 0.176. The lowest BCUT2D eigenvalue weighted by atomic mass is 9.93. The molecule has 1 aliphatic carbocycles. The zero-order chi connectivity index (χ0) is 18.4. The Morgan fingerprint density at radius 1 is 1.38 bits per heavy atom. The third-order valence-corrected chi connectivity index (χ3v) is 5.52. The number of anilines is 2. The molecule has 0 bridgehead atoms. The summed E-state index contributed by atoms with van der Waals surface area (Å²) in [6.07, 6.45) is 3.22. The number of nitrogens with zero attached hydrogens (tertiary/aromatic N) is 4. The second-order valence-electron chi connectivity index (χ2n) is 5.98. The van der Waals surface area contributed by atoms with Crippen LogP contribution in [0.1, 0.15) is 21.6 Å². The summed E-state index contributed by atoms with van der Waals surface area (Å²) in [5.41, 5.74) is 9.95. The molecule has 7 nitrogen and oxygen atoms in total. The maximum atomic E-state index is 11.7. The van der Waals surface area contributed by atoms with E-state index in [9.17, 15) is 4.79 Å². The van der Waals surface area contributed by atoms with Crippen molar-refractivity contribution in [1.82, 2.24) is 19.7 Å². The van der Waals surface area contributed by atoms with Crippen LogP contribution < -0.4 is 11.1 Å². The van der Waals surface area contributed by atoms with Crippen molar-refractivity contribution in [2.75, 3.05) is 5.32 Å². The van der Waals surface area contributed by atoms with E-state index in [1.165, 1.54) is 0 Å². The highest BCUT2D eigenvalue weighted by molar-refractivity contribution is 9.10. The molecular formula is C17H14BrClN6O. The number of carbonyl (C=O) groups excluding carboxylic acids is 1. The number of benzene rings is 1. The van der Waals surface area contributed by atoms with Gasteiger partial charge in [0.2, 0.25) is 5.95 Å². The first-order valence-corrected chi connectivity index (χ1v) is 9.05. The summed E-state index contributed by atoms with van der Waals surface area (Å²) in [5, 5.41) is 8.01. The van der Waals surface area contributed by atoms with Gasteiger partial charge in [0.05, 0.1) is 16.4 Å². The van der Waals surface area contributed by atoms with E-state index < -0.39 is 5.91 Å². The molecule has 0 fully saturated rings. The summed E-state index contributed by atoms with van der Waals surface area (Å²) >= 11 is 9.50. The van der Waals surface area contributed by atoms with Gasteiger partial charge in [-0.05, 0) is 52.5 Å². The van der Waals surface area contributed by atoms with Gasteiger partial charge in [0.1, 0.15) is 0 Å². The number of amides is 1. The maximum Gasteiger partial charge on any atom is 0.269 e. The Morgan fingerprint density at radius 3 is 2.92 bits per heavy atom. The number of hydrogen-bond donors (Lipinski definition) is 2. The Hall–Kier alpha value is -2.45. The summed E-state index contributed by atoms with van der Waals surface area (Å²) in [6.45, 7) is 0. The predicted molar refractivity (Wildman–Crippen MR) is 103 cm³/mol. The zero-order valence-corrected chi connectivity index (χ0v) is 16.1. The molecule has 26 heavy (non-hydrogen) atoms. The first-order chi connectivity index (χ1) is 12.4. The molecule has 0 spiro atoms. The summed E-state index contributed by atoms with van der Waals surface area (Å²) in [7, 11) is 1.78. The molecule has 3 aromatic rings. The first-order valence-electron chi connectivity index (χ1n) is 7.88. The van der Waals surface area contributed by atoms with E-state index in [-0.39, 0.29) is 0 Å². The fourth-order valence-corrected chi connectivity index (χ4v) is 3.54. The molecule has 4 rings (SSSR count). The average molecular weight is 434 g/mol. The molecule has 0 radical (unpaired) electrons. The van der Waals surface area contributed by atoms with Crippen LogP contribution in [0.25, 0.3) is 11.4 Å². The van der Waals surface area contributed by atoms with Crippen molar-refractivity contribution in [3.8, 4) is 11.4 Å². The van der Waals surface area contributed by atoms with Crippen LogP contribution >= 0.6 is 27.5 Å². The second-order valence-corrected chi connectivity index (χ2v) is 7.25. The van der Waals surface area contributed by atoms with Gasteiger partial charge in [0.25, 0.3) is 5.91 Å². The highest BCUT2D eigenvalue weighted by Gasteiger charge is 2.27. The number of hydrogen-bond acceptors (Lipinski definition) is 5. The maximum absolute atomic E-state index is 11.7. The summed E-state index contributed by atoms with van der Waals surface area (Å²) < 4.78 is 2.47. The molecule has 9 heteroatoms. The second kappa shape index (κ2) is 6.37. The molecule has 1 aromatic carbocycles. The molecule has 0 saturated carbocycles. The van der Waals surface area contributed by atoms with E-state index in [1.807, 2.05) is 12.1 Å². The van der Waals surface area contributed by atoms with Crippen molar-refractivity contribution < 1.29 is 4.79 Å². The zero-order valence-electron chi connectivity index (χ0n) is 13.8. The van der Waals surface area contributed by atoms with Crippen LogP contribution in [-0.4, -0.2) is 25.7 Å². The van der Waals surface area contributed by atoms with Gasteiger partial charge in [-0.2, -0.15) is 5.10 Å². The summed E-state index contributed by atoms with van der Waals surface area (Å²) in [5.74, 6) is -0.0842. The molecule has 1 aliphatic rings. The van der Waals surface area contributed by atoms with E-state index in [1.54, 1.807) is 24.0 Å². The molecule has 0 saturated heterocycles. The quantitative estimate of drug-likeness (QED) is 0.661. The van der Waals surface area contributed by atoms with Crippen molar-refractivity contribution in [1.29, 1.82) is 0 Å². The van der Waals surface area contributed by atoms with Gasteiger partial charge in [-0.3, -0.25) is 9.48 Å². The monoisotopic (exact) mass is 432 g/mol. The highest BCUT2D eigenvalue weighted by Crippen LogP contribution is 2.34. The van der Waals surface area contributed by atoms with Crippen molar-refractivity contribution >= 4 is 45.1 Å². The number of fused-ring (bicyclic) bond motifs is 3. The molecule has 2 heterocycles. The number of carbonyl (C=O) groups is 1. The number of nitrogens with one attached hydrogen (secondary N) is 1. The van der Waals surface area contributed by atoms with E-state index in [2.05, 4.69) is 36.3 Å². The first kappa shape index (κ1) is 17.0. The van der Waals surface area contributed by atoms with E-state index in [0.29, 0.717) is 23.1 Å². The summed E-state index contributed by atoms with van der Waals surface area (Å²) in [4.78, 5) is 20.7. The molecule has 3 N–H and O–H groups in total. The molecule has 0 aliphatic heterocycles. The molecular weight excluding hydrogens is 420 g/mol. The van der Waals surface area contributed by atoms with E-state index in [4.69, 9.17) is 17.3 Å². The van der Waals surface area contributed by atoms with Crippen LogP contribution in [0.4, 0.5) is 11.6 Å². The Kier molecular flexibility index (Phi) is 4.16. The van der Waals surface area contributed by atoms with E-state index in [0.717, 1.165) is 39.1 Å². The topological polar surface area (TPSA) is 98.7 Å². The predicted octanol–water partition coefficient (Wildman–Crippen LogP) is 3.23. The largest absolute Gasteiger partial charge is 0.364 e. The Labute approximate surface area is 162 Å². The van der Waals surface area contributed by atoms with Gasteiger partial charge in [-0.25, -0.2) is 9.97 Å². The number of primary amides is 1. The standard InChI is InChI=1S/C17H14BrClN6O/c1-25-15-10(14(24-25)16(20)26)4-2-8-7-21-17(23-13(8)15)22-9-3-5-11(18)12(19)6-9/h3,5-7H,2,4H2,1H3,(H2,20,26)(H,21,22,23). The Morgan fingerprint density at radius 2 is 2.19 bits per heavy atom. The van der Waals surface area contributed by atoms with Crippen molar-refractivity contribution in [2.45, 2.75) is 12.8 Å². The minimum absolute atomic E-state index is 0.306. The number of aromatic nitrogens is 4. The Bertz CT molecular complexity index is 1050. The number of nitrogens with two attached hydrogens (primary N) is 1. The fourth-order valence-electron chi connectivity index (χ4n) is 3.12. The lowest BCUT2D eigenvalue weighted by Crippen LogP contribution is -2.16. The smallest absolute Gasteiger partial charge is 0.269 e. The van der Waals surface area contributed by atoms with Crippen LogP contribution in [0.3, 0.4) is 0 Å². The van der Waals surface area contributed by atoms with Gasteiger partial charge < -0.3 is 11.1 Å². The third kappa shape index (κ3) is 2.85. The van der Waals surface area contributed by atoms with Crippen LogP contribution in [0.5, 0.6) is 0 Å². The van der Waals surface area contributed by atoms with Gasteiger partial charge in [-0.1, -0.05) is 11.6 Å². The van der Waals surface area contributed by atoms with Crippen LogP contribution in [0.15, 0.2) is 28.9 Å². The molecule has 132 valence electrons. The van der Waals surface area contributed by atoms with Crippen molar-refractivity contribution in [3.63, 3.8) is 0 Å². The summed E-state index contributed by atoms with van der Waals surface area (Å²) in [6, 6.07) is 5.51. The van der Waals surface area contributed by atoms with Crippen LogP contribution in [0.2, 0.25) is 5.02 Å².